The summed E-state index contributed by atoms with van der Waals surface area (Å²) in [5.41, 5.74) is 0.870. The van der Waals surface area contributed by atoms with Crippen LogP contribution < -0.4 is 0 Å². The fourth-order valence-corrected chi connectivity index (χ4v) is 1.96. The Bertz CT molecular complexity index is 518. The molecule has 0 saturated heterocycles. The van der Waals surface area contributed by atoms with Gasteiger partial charge in [0.05, 0.1) is 5.69 Å². The number of nitrogens with zero attached hydrogens (tertiary/aromatic N) is 3. The van der Waals surface area contributed by atoms with Crippen LogP contribution in [-0.2, 0) is 0 Å². The van der Waals surface area contributed by atoms with E-state index in [0.717, 1.165) is 14.6 Å². The Labute approximate surface area is 102 Å². The molecule has 0 aliphatic rings. The molecule has 0 spiro atoms. The minimum Gasteiger partial charge on any atom is -0.208 e. The van der Waals surface area contributed by atoms with Gasteiger partial charge in [-0.05, 0) is 46.3 Å². The first-order chi connectivity index (χ1) is 6.68. The molecule has 1 heterocycles. The summed E-state index contributed by atoms with van der Waals surface area (Å²) in [5.74, 6) is 0. The average molecular weight is 336 g/mol. The zero-order valence-corrected chi connectivity index (χ0v) is 10.7. The number of aromatic nitrogens is 4. The van der Waals surface area contributed by atoms with Crippen LogP contribution in [0.25, 0.3) is 5.69 Å². The number of tetrazole rings is 1. The highest BCUT2D eigenvalue weighted by atomic mass is 79.9. The van der Waals surface area contributed by atoms with Crippen LogP contribution in [0.3, 0.4) is 0 Å². The normalized spacial score (nSPS) is 10.4. The Balaban J connectivity index is 2.68. The summed E-state index contributed by atoms with van der Waals surface area (Å²) in [5, 5.41) is 10.0. The topological polar surface area (TPSA) is 46.5 Å². The molecular formula is C7H4Br2N4S. The molecule has 0 amide bonds. The molecule has 0 fully saturated rings. The number of benzene rings is 1. The van der Waals surface area contributed by atoms with E-state index in [2.05, 4.69) is 47.4 Å². The van der Waals surface area contributed by atoms with Crippen molar-refractivity contribution in [1.82, 2.24) is 20.2 Å². The van der Waals surface area contributed by atoms with Crippen LogP contribution in [0.2, 0.25) is 0 Å². The third kappa shape index (κ3) is 1.79. The minimum absolute atomic E-state index is 0.392. The molecule has 0 radical (unpaired) electrons. The number of aromatic amines is 1. The maximum Gasteiger partial charge on any atom is 0.242 e. The predicted molar refractivity (Wildman–Crippen MR) is 61.9 cm³/mol. The lowest BCUT2D eigenvalue weighted by Gasteiger charge is -2.03. The summed E-state index contributed by atoms with van der Waals surface area (Å²) in [4.78, 5) is 0. The molecule has 0 aliphatic heterocycles. The van der Waals surface area contributed by atoms with Crippen LogP contribution >= 0.6 is 44.1 Å². The standard InChI is InChI=1S/C7H4Br2N4S/c8-4-1-2-5(9)6(3-4)13-7(14)10-11-12-13/h1-3H,(H,10,12,14). The molecule has 1 aromatic carbocycles. The molecule has 2 aromatic rings. The van der Waals surface area contributed by atoms with Gasteiger partial charge in [-0.15, -0.1) is 0 Å². The van der Waals surface area contributed by atoms with E-state index < -0.39 is 0 Å². The Morgan fingerprint density at radius 1 is 1.36 bits per heavy atom. The van der Waals surface area contributed by atoms with E-state index in [-0.39, 0.29) is 0 Å². The van der Waals surface area contributed by atoms with Gasteiger partial charge in [0.1, 0.15) is 0 Å². The zero-order valence-electron chi connectivity index (χ0n) is 6.74. The number of hydrogen-bond acceptors (Lipinski definition) is 3. The van der Waals surface area contributed by atoms with Crippen molar-refractivity contribution in [3.63, 3.8) is 0 Å². The van der Waals surface area contributed by atoms with E-state index in [1.54, 1.807) is 4.68 Å². The molecule has 1 aromatic heterocycles. The highest BCUT2D eigenvalue weighted by Gasteiger charge is 2.04. The van der Waals surface area contributed by atoms with Crippen molar-refractivity contribution in [3.05, 3.63) is 31.9 Å². The van der Waals surface area contributed by atoms with Crippen molar-refractivity contribution in [2.75, 3.05) is 0 Å². The molecule has 4 nitrogen and oxygen atoms in total. The first kappa shape index (κ1) is 10.0. The van der Waals surface area contributed by atoms with Gasteiger partial charge < -0.3 is 0 Å². The fourth-order valence-electron chi connectivity index (χ4n) is 1.01. The first-order valence-electron chi connectivity index (χ1n) is 3.64. The van der Waals surface area contributed by atoms with Crippen LogP contribution in [0.5, 0.6) is 0 Å². The minimum atomic E-state index is 0.392. The Morgan fingerprint density at radius 2 is 2.14 bits per heavy atom. The monoisotopic (exact) mass is 334 g/mol. The van der Waals surface area contributed by atoms with Crippen molar-refractivity contribution >= 4 is 44.1 Å². The first-order valence-corrected chi connectivity index (χ1v) is 5.63. The van der Waals surface area contributed by atoms with Gasteiger partial charge in [0, 0.05) is 8.95 Å². The lowest BCUT2D eigenvalue weighted by molar-refractivity contribution is 0.783. The summed E-state index contributed by atoms with van der Waals surface area (Å²) in [6, 6.07) is 5.77. The van der Waals surface area contributed by atoms with Gasteiger partial charge in [-0.1, -0.05) is 26.2 Å². The summed E-state index contributed by atoms with van der Waals surface area (Å²) in [7, 11) is 0. The second-order valence-corrected chi connectivity index (χ2v) is 4.65. The molecular weight excluding hydrogens is 332 g/mol. The summed E-state index contributed by atoms with van der Waals surface area (Å²) < 4.78 is 3.89. The molecule has 72 valence electrons. The molecule has 0 atom stereocenters. The van der Waals surface area contributed by atoms with Crippen LogP contribution in [0.15, 0.2) is 27.1 Å². The third-order valence-electron chi connectivity index (χ3n) is 1.62. The maximum atomic E-state index is 4.99. The quantitative estimate of drug-likeness (QED) is 0.815. The van der Waals surface area contributed by atoms with Crippen LogP contribution in [0, 0.1) is 4.77 Å². The number of halogens is 2. The lowest BCUT2D eigenvalue weighted by atomic mass is 10.3. The number of rotatable bonds is 1. The van der Waals surface area contributed by atoms with E-state index in [9.17, 15) is 0 Å². The number of hydrogen-bond donors (Lipinski definition) is 1. The summed E-state index contributed by atoms with van der Waals surface area (Å²) >= 11 is 11.8. The largest absolute Gasteiger partial charge is 0.242 e. The summed E-state index contributed by atoms with van der Waals surface area (Å²) in [6.45, 7) is 0. The van der Waals surface area contributed by atoms with Gasteiger partial charge in [0.2, 0.25) is 4.77 Å². The molecule has 2 rings (SSSR count). The third-order valence-corrected chi connectivity index (χ3v) is 3.05. The van der Waals surface area contributed by atoms with E-state index >= 15 is 0 Å². The fraction of sp³-hybridized carbons (Fsp3) is 0. The highest BCUT2D eigenvalue weighted by Crippen LogP contribution is 2.24. The van der Waals surface area contributed by atoms with Crippen LogP contribution in [-0.4, -0.2) is 20.2 Å². The van der Waals surface area contributed by atoms with Crippen molar-refractivity contribution in [2.24, 2.45) is 0 Å². The van der Waals surface area contributed by atoms with Crippen molar-refractivity contribution < 1.29 is 0 Å². The smallest absolute Gasteiger partial charge is 0.208 e. The highest BCUT2D eigenvalue weighted by molar-refractivity contribution is 9.11. The molecule has 1 N–H and O–H groups in total. The van der Waals surface area contributed by atoms with Gasteiger partial charge in [0.25, 0.3) is 0 Å². The van der Waals surface area contributed by atoms with Crippen molar-refractivity contribution in [1.29, 1.82) is 0 Å². The number of nitrogens with one attached hydrogen (secondary N) is 1. The van der Waals surface area contributed by atoms with Gasteiger partial charge in [-0.25, -0.2) is 4.68 Å². The van der Waals surface area contributed by atoms with Gasteiger partial charge in [0.15, 0.2) is 0 Å². The molecule has 0 saturated carbocycles. The molecule has 0 aliphatic carbocycles. The number of H-pyrrole nitrogens is 1. The van der Waals surface area contributed by atoms with Gasteiger partial charge in [-0.3, -0.25) is 0 Å². The Kier molecular flexibility index (Phi) is 2.80. The van der Waals surface area contributed by atoms with Crippen LogP contribution in [0.1, 0.15) is 0 Å². The maximum absolute atomic E-state index is 4.99. The lowest BCUT2D eigenvalue weighted by Crippen LogP contribution is -1.97. The Hall–Kier alpha value is -0.530. The average Bonchev–Trinajstić information content (AvgIpc) is 2.56. The van der Waals surface area contributed by atoms with Gasteiger partial charge in [-0.2, -0.15) is 5.21 Å². The Morgan fingerprint density at radius 3 is 2.79 bits per heavy atom. The summed E-state index contributed by atoms with van der Waals surface area (Å²) in [6.07, 6.45) is 0. The molecule has 7 heteroatoms. The predicted octanol–water partition coefficient (Wildman–Crippen LogP) is 2.85. The second-order valence-electron chi connectivity index (χ2n) is 2.51. The van der Waals surface area contributed by atoms with Crippen molar-refractivity contribution in [3.8, 4) is 5.69 Å². The molecule has 0 unspecified atom stereocenters. The van der Waals surface area contributed by atoms with E-state index in [1.807, 2.05) is 18.2 Å². The molecule has 14 heavy (non-hydrogen) atoms. The van der Waals surface area contributed by atoms with Crippen molar-refractivity contribution in [2.45, 2.75) is 0 Å². The van der Waals surface area contributed by atoms with E-state index in [1.165, 1.54) is 0 Å². The SMILES string of the molecule is S=c1nn[nH]n1-c1cc(Br)ccc1Br. The molecule has 0 bridgehead atoms. The van der Waals surface area contributed by atoms with Gasteiger partial charge >= 0.3 is 0 Å². The second kappa shape index (κ2) is 3.92. The zero-order chi connectivity index (χ0) is 10.1. The van der Waals surface area contributed by atoms with Crippen LogP contribution in [0.4, 0.5) is 0 Å². The van der Waals surface area contributed by atoms with E-state index in [0.29, 0.717) is 4.77 Å². The van der Waals surface area contributed by atoms with E-state index in [4.69, 9.17) is 12.2 Å².